The van der Waals surface area contributed by atoms with Crippen molar-refractivity contribution in [3.8, 4) is 17.1 Å². The van der Waals surface area contributed by atoms with Gasteiger partial charge < -0.3 is 9.30 Å². The van der Waals surface area contributed by atoms with E-state index < -0.39 is 4.92 Å². The first-order valence-electron chi connectivity index (χ1n) is 7.51. The minimum Gasteiger partial charge on any atom is -0.493 e. The molecule has 0 aliphatic carbocycles. The molecule has 25 heavy (non-hydrogen) atoms. The second kappa shape index (κ2) is 7.34. The van der Waals surface area contributed by atoms with Gasteiger partial charge in [0.15, 0.2) is 11.0 Å². The van der Waals surface area contributed by atoms with Gasteiger partial charge in [0.25, 0.3) is 0 Å². The van der Waals surface area contributed by atoms with Gasteiger partial charge in [0.05, 0.1) is 23.0 Å². The molecular weight excluding hydrogens is 344 g/mol. The lowest BCUT2D eigenvalue weighted by Gasteiger charge is -2.09. The standard InChI is InChI=1S/C15H16N6O3S/c1-3-24-13-7-5-4-6-12(13)14-17-18-15(19(14)2)25-10-20-9-11(8-16-20)21(22)23/h4-9H,3,10H2,1-2H3. The molecule has 3 aromatic rings. The molecular formula is C15H16N6O3S. The first-order chi connectivity index (χ1) is 12.1. The summed E-state index contributed by atoms with van der Waals surface area (Å²) in [6.07, 6.45) is 2.61. The third-order valence-electron chi connectivity index (χ3n) is 3.42. The number of hydrogen-bond acceptors (Lipinski definition) is 7. The lowest BCUT2D eigenvalue weighted by Crippen LogP contribution is -2.00. The molecule has 0 atom stereocenters. The summed E-state index contributed by atoms with van der Waals surface area (Å²) in [6, 6.07) is 7.65. The van der Waals surface area contributed by atoms with Crippen LogP contribution in [0, 0.1) is 10.1 Å². The molecule has 0 saturated heterocycles. The highest BCUT2D eigenvalue weighted by atomic mass is 32.2. The maximum atomic E-state index is 10.7. The van der Waals surface area contributed by atoms with Gasteiger partial charge in [-0.25, -0.2) is 0 Å². The van der Waals surface area contributed by atoms with Gasteiger partial charge in [-0.05, 0) is 19.1 Å². The zero-order valence-electron chi connectivity index (χ0n) is 13.7. The zero-order valence-corrected chi connectivity index (χ0v) is 14.5. The smallest absolute Gasteiger partial charge is 0.307 e. The van der Waals surface area contributed by atoms with Gasteiger partial charge in [0.2, 0.25) is 0 Å². The molecule has 2 aromatic heterocycles. The van der Waals surface area contributed by atoms with Crippen molar-refractivity contribution < 1.29 is 9.66 Å². The SMILES string of the molecule is CCOc1ccccc1-c1nnc(SCn2cc([N+](=O)[O-])cn2)n1C. The lowest BCUT2D eigenvalue weighted by molar-refractivity contribution is -0.385. The van der Waals surface area contributed by atoms with Crippen LogP contribution in [-0.4, -0.2) is 36.1 Å². The van der Waals surface area contributed by atoms with E-state index in [1.807, 2.05) is 42.8 Å². The summed E-state index contributed by atoms with van der Waals surface area (Å²) in [5.41, 5.74) is 0.825. The van der Waals surface area contributed by atoms with Crippen molar-refractivity contribution in [2.45, 2.75) is 18.0 Å². The van der Waals surface area contributed by atoms with Crippen molar-refractivity contribution in [2.24, 2.45) is 7.05 Å². The fraction of sp³-hybridized carbons (Fsp3) is 0.267. The molecule has 0 saturated carbocycles. The van der Waals surface area contributed by atoms with Crippen LogP contribution in [0.1, 0.15) is 6.92 Å². The fourth-order valence-corrected chi connectivity index (χ4v) is 3.02. The van der Waals surface area contributed by atoms with E-state index >= 15 is 0 Å². The molecule has 0 N–H and O–H groups in total. The Morgan fingerprint density at radius 3 is 2.84 bits per heavy atom. The number of rotatable bonds is 7. The quantitative estimate of drug-likeness (QED) is 0.363. The topological polar surface area (TPSA) is 101 Å². The summed E-state index contributed by atoms with van der Waals surface area (Å²) >= 11 is 1.39. The number of hydrogen-bond donors (Lipinski definition) is 0. The average molecular weight is 360 g/mol. The predicted molar refractivity (Wildman–Crippen MR) is 92.3 cm³/mol. The summed E-state index contributed by atoms with van der Waals surface area (Å²) in [4.78, 5) is 10.2. The molecule has 130 valence electrons. The fourth-order valence-electron chi connectivity index (χ4n) is 2.25. The van der Waals surface area contributed by atoms with Crippen LogP contribution in [0.3, 0.4) is 0 Å². The third kappa shape index (κ3) is 3.63. The van der Waals surface area contributed by atoms with Crippen LogP contribution >= 0.6 is 11.8 Å². The van der Waals surface area contributed by atoms with Crippen LogP contribution in [0.5, 0.6) is 5.75 Å². The van der Waals surface area contributed by atoms with Crippen molar-refractivity contribution in [1.82, 2.24) is 24.5 Å². The van der Waals surface area contributed by atoms with Gasteiger partial charge in [-0.1, -0.05) is 23.9 Å². The average Bonchev–Trinajstić information content (AvgIpc) is 3.21. The van der Waals surface area contributed by atoms with E-state index in [0.29, 0.717) is 23.5 Å². The first kappa shape index (κ1) is 17.0. The van der Waals surface area contributed by atoms with Crippen LogP contribution in [0.25, 0.3) is 11.4 Å². The molecule has 0 spiro atoms. The van der Waals surface area contributed by atoms with Crippen LogP contribution in [-0.2, 0) is 12.9 Å². The zero-order chi connectivity index (χ0) is 17.8. The van der Waals surface area contributed by atoms with Gasteiger partial charge in [-0.15, -0.1) is 10.2 Å². The number of aromatic nitrogens is 5. The Morgan fingerprint density at radius 2 is 2.12 bits per heavy atom. The number of ether oxygens (including phenoxy) is 1. The molecule has 2 heterocycles. The molecule has 0 aliphatic rings. The van der Waals surface area contributed by atoms with E-state index in [1.54, 1.807) is 0 Å². The molecule has 10 heteroatoms. The maximum absolute atomic E-state index is 10.7. The Labute approximate surface area is 147 Å². The molecule has 0 aliphatic heterocycles. The lowest BCUT2D eigenvalue weighted by atomic mass is 10.2. The van der Waals surface area contributed by atoms with Gasteiger partial charge >= 0.3 is 5.69 Å². The first-order valence-corrected chi connectivity index (χ1v) is 8.50. The summed E-state index contributed by atoms with van der Waals surface area (Å²) < 4.78 is 9.00. The minimum atomic E-state index is -0.473. The third-order valence-corrected chi connectivity index (χ3v) is 4.43. The number of nitrogens with zero attached hydrogens (tertiary/aromatic N) is 6. The van der Waals surface area contributed by atoms with E-state index in [-0.39, 0.29) is 5.69 Å². The highest BCUT2D eigenvalue weighted by molar-refractivity contribution is 7.98. The van der Waals surface area contributed by atoms with Crippen LogP contribution in [0.15, 0.2) is 41.8 Å². The van der Waals surface area contributed by atoms with E-state index in [4.69, 9.17) is 4.74 Å². The molecule has 0 bridgehead atoms. The highest BCUT2D eigenvalue weighted by Crippen LogP contribution is 2.30. The summed E-state index contributed by atoms with van der Waals surface area (Å²) in [5, 5.41) is 23.8. The van der Waals surface area contributed by atoms with Crippen molar-refractivity contribution in [2.75, 3.05) is 6.61 Å². The Balaban J connectivity index is 1.78. The molecule has 0 radical (unpaired) electrons. The van der Waals surface area contributed by atoms with Gasteiger partial charge in [0, 0.05) is 7.05 Å². The van der Waals surface area contributed by atoms with Gasteiger partial charge in [0.1, 0.15) is 18.1 Å². The predicted octanol–water partition coefficient (Wildman–Crippen LogP) is 2.74. The molecule has 0 amide bonds. The number of nitro groups is 1. The number of para-hydroxylation sites is 1. The minimum absolute atomic E-state index is 0.0371. The van der Waals surface area contributed by atoms with Crippen LogP contribution in [0.2, 0.25) is 0 Å². The van der Waals surface area contributed by atoms with Crippen molar-refractivity contribution >= 4 is 17.4 Å². The molecule has 9 nitrogen and oxygen atoms in total. The Bertz CT molecular complexity index is 891. The highest BCUT2D eigenvalue weighted by Gasteiger charge is 2.16. The normalized spacial score (nSPS) is 10.8. The van der Waals surface area contributed by atoms with Crippen molar-refractivity contribution in [3.05, 3.63) is 46.8 Å². The Morgan fingerprint density at radius 1 is 1.32 bits per heavy atom. The van der Waals surface area contributed by atoms with Crippen LogP contribution < -0.4 is 4.74 Å². The van der Waals surface area contributed by atoms with E-state index in [9.17, 15) is 10.1 Å². The Hall–Kier alpha value is -2.88. The number of benzene rings is 1. The van der Waals surface area contributed by atoms with Gasteiger partial charge in [-0.3, -0.25) is 14.8 Å². The monoisotopic (exact) mass is 360 g/mol. The Kier molecular flexibility index (Phi) is 4.98. The second-order valence-corrected chi connectivity index (χ2v) is 5.97. The van der Waals surface area contributed by atoms with E-state index in [0.717, 1.165) is 11.3 Å². The molecule has 3 rings (SSSR count). The molecule has 0 unspecified atom stereocenters. The van der Waals surface area contributed by atoms with E-state index in [2.05, 4.69) is 15.3 Å². The molecule has 1 aromatic carbocycles. The van der Waals surface area contributed by atoms with Gasteiger partial charge in [-0.2, -0.15) is 5.10 Å². The second-order valence-electron chi connectivity index (χ2n) is 5.06. The molecule has 0 fully saturated rings. The number of thioether (sulfide) groups is 1. The summed E-state index contributed by atoms with van der Waals surface area (Å²) in [6.45, 7) is 2.49. The van der Waals surface area contributed by atoms with Crippen LogP contribution in [0.4, 0.5) is 5.69 Å². The largest absolute Gasteiger partial charge is 0.493 e. The van der Waals surface area contributed by atoms with Crippen molar-refractivity contribution in [1.29, 1.82) is 0 Å². The summed E-state index contributed by atoms with van der Waals surface area (Å²) in [7, 11) is 1.87. The maximum Gasteiger partial charge on any atom is 0.307 e. The van der Waals surface area contributed by atoms with E-state index in [1.165, 1.54) is 28.8 Å². The summed E-state index contributed by atoms with van der Waals surface area (Å²) in [5.74, 6) is 1.84. The van der Waals surface area contributed by atoms with Crippen molar-refractivity contribution in [3.63, 3.8) is 0 Å².